The van der Waals surface area contributed by atoms with E-state index in [2.05, 4.69) is 189 Å². The van der Waals surface area contributed by atoms with E-state index in [0.29, 0.717) is 0 Å². The number of aromatic nitrogens is 2. The van der Waals surface area contributed by atoms with E-state index in [4.69, 9.17) is 19.5 Å². The molecule has 10 nitrogen and oxygen atoms in total. The second kappa shape index (κ2) is 21.2. The Kier molecular flexibility index (Phi) is 14.8. The summed E-state index contributed by atoms with van der Waals surface area (Å²) in [5, 5.41) is 3.52. The van der Waals surface area contributed by atoms with E-state index in [0.717, 1.165) is 118 Å². The molecule has 2 aromatic heterocycles. The SMILES string of the molecule is CCI.CCN(c1cccc(C)c1)c1ccc2c(c1)C(c1ccnc(N3CCOCC3)c1)=NC2.Cc1cccc(Nc2ccc3c(c2)C(c2ccnc(N4CCOCC4)c2)=NC3)c1. The number of morpholine rings is 2. The molecule has 0 radical (unpaired) electrons. The van der Waals surface area contributed by atoms with Gasteiger partial charge in [0.25, 0.3) is 0 Å². The second-order valence-electron chi connectivity index (χ2n) is 15.9. The molecule has 0 bridgehead atoms. The fourth-order valence-corrected chi connectivity index (χ4v) is 8.36. The van der Waals surface area contributed by atoms with Gasteiger partial charge in [0.2, 0.25) is 0 Å². The number of hydrogen-bond acceptors (Lipinski definition) is 10. The first kappa shape index (κ1) is 44.0. The van der Waals surface area contributed by atoms with Crippen LogP contribution in [-0.2, 0) is 22.6 Å². The molecule has 0 spiro atoms. The lowest BCUT2D eigenvalue weighted by Gasteiger charge is -2.28. The van der Waals surface area contributed by atoms with E-state index < -0.39 is 0 Å². The Morgan fingerprint density at radius 2 is 1.10 bits per heavy atom. The zero-order valence-electron chi connectivity index (χ0n) is 36.9. The molecular weight excluding hydrogens is 896 g/mol. The lowest BCUT2D eigenvalue weighted by atomic mass is 9.99. The smallest absolute Gasteiger partial charge is 0.129 e. The van der Waals surface area contributed by atoms with Gasteiger partial charge in [0, 0.05) is 90.1 Å². The summed E-state index contributed by atoms with van der Waals surface area (Å²) in [6, 6.07) is 38.8. The number of nitrogens with zero attached hydrogens (tertiary/aromatic N) is 7. The first-order chi connectivity index (χ1) is 30.9. The summed E-state index contributed by atoms with van der Waals surface area (Å²) in [7, 11) is 0. The summed E-state index contributed by atoms with van der Waals surface area (Å²) >= 11 is 2.29. The number of pyridine rings is 2. The van der Waals surface area contributed by atoms with Crippen molar-refractivity contribution in [2.45, 2.75) is 40.8 Å². The minimum atomic E-state index is 0.727. The maximum atomic E-state index is 5.49. The van der Waals surface area contributed by atoms with Crippen molar-refractivity contribution in [1.29, 1.82) is 0 Å². The quantitative estimate of drug-likeness (QED) is 0.113. The molecule has 6 heterocycles. The number of fused-ring (bicyclic) bond motifs is 2. The van der Waals surface area contributed by atoms with Crippen LogP contribution in [0.25, 0.3) is 0 Å². The van der Waals surface area contributed by atoms with Crippen LogP contribution >= 0.6 is 22.6 Å². The van der Waals surface area contributed by atoms with Crippen LogP contribution in [0.3, 0.4) is 0 Å². The lowest BCUT2D eigenvalue weighted by Crippen LogP contribution is -2.36. The Labute approximate surface area is 386 Å². The molecule has 4 aliphatic rings. The molecule has 0 aliphatic carbocycles. The van der Waals surface area contributed by atoms with Crippen LogP contribution in [0.1, 0.15) is 58.4 Å². The molecule has 11 heteroatoms. The molecule has 0 unspecified atom stereocenters. The Balaban J connectivity index is 0.000000163. The maximum Gasteiger partial charge on any atom is 0.129 e. The van der Waals surface area contributed by atoms with Crippen LogP contribution in [0.2, 0.25) is 0 Å². The summed E-state index contributed by atoms with van der Waals surface area (Å²) in [6.45, 7) is 17.5. The van der Waals surface area contributed by atoms with Gasteiger partial charge in [0.15, 0.2) is 0 Å². The van der Waals surface area contributed by atoms with Gasteiger partial charge in [0.1, 0.15) is 11.6 Å². The van der Waals surface area contributed by atoms with Gasteiger partial charge in [-0.3, -0.25) is 9.98 Å². The molecule has 4 aliphatic heterocycles. The molecule has 0 atom stereocenters. The molecule has 0 saturated carbocycles. The average molecular weight is 953 g/mol. The summed E-state index contributed by atoms with van der Waals surface area (Å²) < 4.78 is 12.2. The molecule has 2 saturated heterocycles. The third kappa shape index (κ3) is 10.8. The molecule has 10 rings (SSSR count). The summed E-state index contributed by atoms with van der Waals surface area (Å²) in [5.41, 5.74) is 16.4. The van der Waals surface area contributed by atoms with E-state index in [9.17, 15) is 0 Å². The van der Waals surface area contributed by atoms with Crippen molar-refractivity contribution in [3.63, 3.8) is 0 Å². The predicted molar refractivity (Wildman–Crippen MR) is 269 cm³/mol. The topological polar surface area (TPSA) is 90.7 Å². The molecule has 1 N–H and O–H groups in total. The number of anilines is 6. The van der Waals surface area contributed by atoms with Gasteiger partial charge in [-0.25, -0.2) is 9.97 Å². The highest BCUT2D eigenvalue weighted by Gasteiger charge is 2.23. The van der Waals surface area contributed by atoms with Gasteiger partial charge in [-0.1, -0.05) is 65.9 Å². The van der Waals surface area contributed by atoms with Crippen molar-refractivity contribution in [1.82, 2.24) is 9.97 Å². The van der Waals surface area contributed by atoms with Crippen molar-refractivity contribution in [2.24, 2.45) is 9.98 Å². The lowest BCUT2D eigenvalue weighted by molar-refractivity contribution is 0.122. The molecule has 4 aromatic carbocycles. The zero-order valence-corrected chi connectivity index (χ0v) is 39.0. The Morgan fingerprint density at radius 1 is 0.587 bits per heavy atom. The highest BCUT2D eigenvalue weighted by atomic mass is 127. The van der Waals surface area contributed by atoms with Crippen LogP contribution in [0.4, 0.5) is 34.4 Å². The second-order valence-corrected chi connectivity index (χ2v) is 17.4. The highest BCUT2D eigenvalue weighted by Crippen LogP contribution is 2.33. The number of ether oxygens (including phenoxy) is 2. The van der Waals surface area contributed by atoms with E-state index in [1.807, 2.05) is 12.4 Å². The number of benzene rings is 4. The fraction of sp³-hybridized carbons (Fsp3) is 0.308. The molecule has 0 amide bonds. The number of alkyl halides is 1. The van der Waals surface area contributed by atoms with Gasteiger partial charge < -0.3 is 29.5 Å². The Hall–Kier alpha value is -5.63. The standard InChI is InChI=1S/C26H28N4O.C24H24N4O.C2H5I/c1-3-30(22-6-4-5-19(2)15-22)23-8-7-21-18-28-26(24(21)17-23)20-9-10-27-25(16-20)29-11-13-31-14-12-29;1-17-3-2-4-20(13-17)27-21-6-5-19-16-26-24(22(19)15-21)18-7-8-25-23(14-18)28-9-11-29-12-10-28;1-2-3/h4-10,15-17H,3,11-14,18H2,1-2H3;2-8,13-15,27H,9-12,16H2,1H3;2H2,1H3. The van der Waals surface area contributed by atoms with Crippen molar-refractivity contribution in [3.05, 3.63) is 166 Å². The number of hydrogen-bond donors (Lipinski definition) is 1. The van der Waals surface area contributed by atoms with Gasteiger partial charge in [-0.15, -0.1) is 0 Å². The minimum Gasteiger partial charge on any atom is -0.378 e. The molecule has 63 heavy (non-hydrogen) atoms. The van der Waals surface area contributed by atoms with Crippen molar-refractivity contribution in [3.8, 4) is 0 Å². The van der Waals surface area contributed by atoms with E-state index in [-0.39, 0.29) is 0 Å². The monoisotopic (exact) mass is 952 g/mol. The Bertz CT molecular complexity index is 2560. The first-order valence-electron chi connectivity index (χ1n) is 22.1. The van der Waals surface area contributed by atoms with E-state index >= 15 is 0 Å². The maximum absolute atomic E-state index is 5.49. The van der Waals surface area contributed by atoms with Gasteiger partial charge in [0.05, 0.1) is 50.9 Å². The normalized spacial score (nSPS) is 15.2. The number of aliphatic imine (C=N–C) groups is 2. The van der Waals surface area contributed by atoms with Gasteiger partial charge in [-0.2, -0.15) is 0 Å². The third-order valence-electron chi connectivity index (χ3n) is 11.5. The molecule has 2 fully saturated rings. The zero-order chi connectivity index (χ0) is 43.5. The molecule has 6 aromatic rings. The summed E-state index contributed by atoms with van der Waals surface area (Å²) in [6.07, 6.45) is 3.78. The predicted octanol–water partition coefficient (Wildman–Crippen LogP) is 10.5. The van der Waals surface area contributed by atoms with Gasteiger partial charge in [-0.05, 0) is 120 Å². The number of aryl methyl sites for hydroxylation is 2. The number of nitrogens with one attached hydrogen (secondary N) is 1. The molecule has 324 valence electrons. The van der Waals surface area contributed by atoms with Gasteiger partial charge >= 0.3 is 0 Å². The molecular formula is C52H57IN8O2. The number of rotatable bonds is 9. The fourth-order valence-electron chi connectivity index (χ4n) is 8.36. The van der Waals surface area contributed by atoms with Crippen molar-refractivity contribution < 1.29 is 9.47 Å². The van der Waals surface area contributed by atoms with Crippen LogP contribution in [0.5, 0.6) is 0 Å². The largest absolute Gasteiger partial charge is 0.378 e. The average Bonchev–Trinajstić information content (AvgIpc) is 3.95. The van der Waals surface area contributed by atoms with Crippen LogP contribution in [-0.4, -0.2) is 85.0 Å². The summed E-state index contributed by atoms with van der Waals surface area (Å²) in [5.74, 6) is 2.00. The number of halogens is 1. The highest BCUT2D eigenvalue weighted by molar-refractivity contribution is 14.1. The van der Waals surface area contributed by atoms with E-state index in [1.165, 1.54) is 49.2 Å². The first-order valence-corrected chi connectivity index (χ1v) is 23.6. The third-order valence-corrected chi connectivity index (χ3v) is 11.5. The van der Waals surface area contributed by atoms with Crippen LogP contribution in [0.15, 0.2) is 132 Å². The van der Waals surface area contributed by atoms with Crippen LogP contribution < -0.4 is 20.0 Å². The Morgan fingerprint density at radius 3 is 1.65 bits per heavy atom. The van der Waals surface area contributed by atoms with Crippen molar-refractivity contribution >= 4 is 68.4 Å². The van der Waals surface area contributed by atoms with Crippen molar-refractivity contribution in [2.75, 3.05) is 83.6 Å². The summed E-state index contributed by atoms with van der Waals surface area (Å²) in [4.78, 5) is 25.8. The van der Waals surface area contributed by atoms with Crippen LogP contribution in [0, 0.1) is 13.8 Å². The minimum absolute atomic E-state index is 0.727. The van der Waals surface area contributed by atoms with E-state index in [1.54, 1.807) is 0 Å².